The Morgan fingerprint density at radius 1 is 1.62 bits per heavy atom. The Hall–Kier alpha value is -1.54. The second kappa shape index (κ2) is 3.46. The van der Waals surface area contributed by atoms with Crippen molar-refractivity contribution in [3.63, 3.8) is 0 Å². The summed E-state index contributed by atoms with van der Waals surface area (Å²) in [7, 11) is 0. The van der Waals surface area contributed by atoms with E-state index in [0.29, 0.717) is 16.3 Å². The van der Waals surface area contributed by atoms with Crippen LogP contribution in [0, 0.1) is 18.3 Å². The van der Waals surface area contributed by atoms with Crippen molar-refractivity contribution in [3.05, 3.63) is 16.0 Å². The Labute approximate surface area is 80.5 Å². The second-order valence-corrected chi connectivity index (χ2v) is 3.67. The lowest BCUT2D eigenvalue weighted by Gasteiger charge is -1.94. The van der Waals surface area contributed by atoms with Gasteiger partial charge in [-0.1, -0.05) is 0 Å². The summed E-state index contributed by atoms with van der Waals surface area (Å²) in [4.78, 5) is 0.886. The van der Waals surface area contributed by atoms with Crippen LogP contribution in [0.1, 0.15) is 22.9 Å². The maximum atomic E-state index is 8.77. The first-order valence-corrected chi connectivity index (χ1v) is 4.47. The molecule has 4 nitrogen and oxygen atoms in total. The Morgan fingerprint density at radius 3 is 2.62 bits per heavy atom. The van der Waals surface area contributed by atoms with E-state index in [0.717, 1.165) is 10.4 Å². The number of hydrogen-bond acceptors (Lipinski definition) is 5. The van der Waals surface area contributed by atoms with Crippen molar-refractivity contribution in [1.29, 1.82) is 5.26 Å². The summed E-state index contributed by atoms with van der Waals surface area (Å²) >= 11 is 1.34. The van der Waals surface area contributed by atoms with Gasteiger partial charge in [0.1, 0.15) is 11.1 Å². The summed E-state index contributed by atoms with van der Waals surface area (Å²) in [6.07, 6.45) is 0. The smallest absolute Gasteiger partial charge is 0.105 e. The zero-order valence-electron chi connectivity index (χ0n) is 7.46. The van der Waals surface area contributed by atoms with E-state index in [9.17, 15) is 0 Å². The zero-order valence-corrected chi connectivity index (χ0v) is 8.27. The monoisotopic (exact) mass is 194 g/mol. The molecule has 5 heteroatoms. The Kier molecular flexibility index (Phi) is 2.54. The average molecular weight is 194 g/mol. The molecule has 4 N–H and O–H groups in total. The Balaban J connectivity index is 3.37. The number of nitrogens with zero attached hydrogens (tertiary/aromatic N) is 2. The van der Waals surface area contributed by atoms with E-state index in [1.807, 2.05) is 6.92 Å². The van der Waals surface area contributed by atoms with Gasteiger partial charge < -0.3 is 11.6 Å². The molecule has 0 spiro atoms. The van der Waals surface area contributed by atoms with Gasteiger partial charge in [-0.05, 0) is 19.4 Å². The fourth-order valence-corrected chi connectivity index (χ4v) is 2.05. The molecule has 1 aromatic heterocycles. The molecule has 0 fully saturated rings. The van der Waals surface area contributed by atoms with E-state index < -0.39 is 0 Å². The summed E-state index contributed by atoms with van der Waals surface area (Å²) in [6.45, 7) is 3.63. The van der Waals surface area contributed by atoms with Gasteiger partial charge in [0.2, 0.25) is 0 Å². The third-order valence-corrected chi connectivity index (χ3v) is 3.04. The van der Waals surface area contributed by atoms with Crippen LogP contribution in [0.15, 0.2) is 5.10 Å². The highest BCUT2D eigenvalue weighted by atomic mass is 32.1. The molecule has 1 aromatic rings. The number of hydrazone groups is 1. The van der Waals surface area contributed by atoms with Crippen LogP contribution in [0.2, 0.25) is 0 Å². The molecule has 13 heavy (non-hydrogen) atoms. The maximum Gasteiger partial charge on any atom is 0.105 e. The molecular weight excluding hydrogens is 184 g/mol. The molecule has 68 valence electrons. The Bertz CT molecular complexity index is 397. The number of nitriles is 1. The maximum absolute atomic E-state index is 8.77. The first-order chi connectivity index (χ1) is 6.11. The lowest BCUT2D eigenvalue weighted by Crippen LogP contribution is -1.97. The van der Waals surface area contributed by atoms with E-state index in [4.69, 9.17) is 16.8 Å². The molecule has 0 amide bonds. The minimum Gasteiger partial charge on any atom is -0.389 e. The van der Waals surface area contributed by atoms with E-state index in [1.54, 1.807) is 6.92 Å². The molecule has 0 saturated heterocycles. The number of thiophene rings is 1. The SMILES string of the molecule is C/C(=N\N)c1sc(N)c(C#N)c1C. The van der Waals surface area contributed by atoms with Crippen LogP contribution < -0.4 is 11.6 Å². The molecule has 0 bridgehead atoms. The van der Waals surface area contributed by atoms with Crippen LogP contribution in [0.4, 0.5) is 5.00 Å². The molecule has 1 heterocycles. The molecule has 0 aliphatic heterocycles. The first kappa shape index (κ1) is 9.55. The van der Waals surface area contributed by atoms with Crippen LogP contribution in [0.3, 0.4) is 0 Å². The van der Waals surface area contributed by atoms with Gasteiger partial charge in [0.05, 0.1) is 16.2 Å². The van der Waals surface area contributed by atoms with Gasteiger partial charge in [0.15, 0.2) is 0 Å². The van der Waals surface area contributed by atoms with Gasteiger partial charge in [-0.2, -0.15) is 10.4 Å². The predicted octanol–water partition coefficient (Wildman–Crippen LogP) is 1.19. The van der Waals surface area contributed by atoms with Crippen molar-refractivity contribution >= 4 is 22.0 Å². The minimum atomic E-state index is 0.526. The largest absolute Gasteiger partial charge is 0.389 e. The van der Waals surface area contributed by atoms with E-state index >= 15 is 0 Å². The van der Waals surface area contributed by atoms with Crippen molar-refractivity contribution < 1.29 is 0 Å². The standard InChI is InChI=1S/C8H10N4S/c1-4-6(3-9)8(10)13-7(4)5(2)12-11/h10-11H2,1-2H3/b12-5+. The number of nitrogens with two attached hydrogens (primary N) is 2. The quantitative estimate of drug-likeness (QED) is 0.400. The first-order valence-electron chi connectivity index (χ1n) is 3.65. The summed E-state index contributed by atoms with van der Waals surface area (Å²) in [5.41, 5.74) is 7.74. The number of hydrogen-bond donors (Lipinski definition) is 2. The van der Waals surface area contributed by atoms with E-state index in [2.05, 4.69) is 11.2 Å². The summed E-state index contributed by atoms with van der Waals surface area (Å²) in [5.74, 6) is 5.14. The van der Waals surface area contributed by atoms with Gasteiger partial charge in [-0.15, -0.1) is 11.3 Å². The van der Waals surface area contributed by atoms with Crippen LogP contribution >= 0.6 is 11.3 Å². The predicted molar refractivity (Wildman–Crippen MR) is 54.6 cm³/mol. The van der Waals surface area contributed by atoms with Crippen molar-refractivity contribution in [3.8, 4) is 6.07 Å². The second-order valence-electron chi connectivity index (χ2n) is 2.62. The molecule has 0 saturated carbocycles. The lowest BCUT2D eigenvalue weighted by molar-refractivity contribution is 1.24. The molecule has 1 rings (SSSR count). The minimum absolute atomic E-state index is 0.526. The van der Waals surface area contributed by atoms with Crippen molar-refractivity contribution in [2.24, 2.45) is 10.9 Å². The van der Waals surface area contributed by atoms with E-state index in [-0.39, 0.29) is 0 Å². The van der Waals surface area contributed by atoms with Gasteiger partial charge in [0.25, 0.3) is 0 Å². The van der Waals surface area contributed by atoms with Crippen molar-refractivity contribution in [2.75, 3.05) is 5.73 Å². The lowest BCUT2D eigenvalue weighted by atomic mass is 10.1. The van der Waals surface area contributed by atoms with E-state index in [1.165, 1.54) is 11.3 Å². The summed E-state index contributed by atoms with van der Waals surface area (Å²) < 4.78 is 0. The summed E-state index contributed by atoms with van der Waals surface area (Å²) in [6, 6.07) is 2.05. The number of anilines is 1. The molecular formula is C8H10N4S. The number of nitrogen functional groups attached to an aromatic ring is 1. The molecule has 0 unspecified atom stereocenters. The molecule has 0 aliphatic rings. The van der Waals surface area contributed by atoms with Crippen LogP contribution in [-0.4, -0.2) is 5.71 Å². The van der Waals surface area contributed by atoms with Crippen LogP contribution in [0.25, 0.3) is 0 Å². The zero-order chi connectivity index (χ0) is 10.0. The topological polar surface area (TPSA) is 88.2 Å². The van der Waals surface area contributed by atoms with Gasteiger partial charge >= 0.3 is 0 Å². The average Bonchev–Trinajstić information content (AvgIpc) is 2.40. The van der Waals surface area contributed by atoms with Gasteiger partial charge in [0, 0.05) is 0 Å². The fourth-order valence-electron chi connectivity index (χ4n) is 1.08. The number of rotatable bonds is 1. The van der Waals surface area contributed by atoms with Gasteiger partial charge in [-0.3, -0.25) is 0 Å². The normalized spacial score (nSPS) is 11.3. The fraction of sp³-hybridized carbons (Fsp3) is 0.250. The molecule has 0 aromatic carbocycles. The third kappa shape index (κ3) is 1.48. The highest BCUT2D eigenvalue weighted by molar-refractivity contribution is 7.18. The third-order valence-electron chi connectivity index (χ3n) is 1.81. The highest BCUT2D eigenvalue weighted by Crippen LogP contribution is 2.29. The van der Waals surface area contributed by atoms with Gasteiger partial charge in [-0.25, -0.2) is 0 Å². The Morgan fingerprint density at radius 2 is 2.23 bits per heavy atom. The summed E-state index contributed by atoms with van der Waals surface area (Å²) in [5, 5.41) is 12.9. The molecule has 0 aliphatic carbocycles. The van der Waals surface area contributed by atoms with Crippen molar-refractivity contribution in [1.82, 2.24) is 0 Å². The highest BCUT2D eigenvalue weighted by Gasteiger charge is 2.13. The van der Waals surface area contributed by atoms with Crippen LogP contribution in [-0.2, 0) is 0 Å². The molecule has 0 atom stereocenters. The van der Waals surface area contributed by atoms with Crippen LogP contribution in [0.5, 0.6) is 0 Å². The van der Waals surface area contributed by atoms with Crippen molar-refractivity contribution in [2.45, 2.75) is 13.8 Å². The molecule has 0 radical (unpaired) electrons.